The minimum absolute atomic E-state index is 0.146. The molecule has 2 amide bonds. The van der Waals surface area contributed by atoms with Crippen LogP contribution >= 0.6 is 8.45 Å². The zero-order valence-electron chi connectivity index (χ0n) is 28.4. The van der Waals surface area contributed by atoms with Crippen molar-refractivity contribution in [3.05, 3.63) is 102 Å². The first-order chi connectivity index (χ1) is 23.7. The standard InChI is InChI=1S/C25H31N2O4P.C10H19N3O4/c1-29-23-17-15-22(16-18-23)25(20-10-5-3-6-11-20,21-12-7-4-8-13-21)31-24(30-2)14-9-19-27-32(26)28;1-2-3-4-5-8(14)13-12-6-9(15)11-7-10(16)17/h3-8,10-13,15-18,24,27-28H,9,14,19,26H2,1-2H3;12H,2-7H2,1H3,(H,11,15)(H,13,14)(H,16,17). The van der Waals surface area contributed by atoms with E-state index in [0.29, 0.717) is 19.4 Å². The van der Waals surface area contributed by atoms with Gasteiger partial charge in [0, 0.05) is 20.1 Å². The molecule has 0 aliphatic heterocycles. The van der Waals surface area contributed by atoms with E-state index in [1.807, 2.05) is 67.6 Å². The maximum atomic E-state index is 11.2. The van der Waals surface area contributed by atoms with Crippen molar-refractivity contribution in [2.24, 2.45) is 5.50 Å². The second-order valence-corrected chi connectivity index (χ2v) is 11.9. The monoisotopic (exact) mass is 699 g/mol. The molecule has 13 nitrogen and oxygen atoms in total. The molecule has 3 rings (SSSR count). The largest absolute Gasteiger partial charge is 0.497 e. The first-order valence-corrected chi connectivity index (χ1v) is 17.5. The summed E-state index contributed by atoms with van der Waals surface area (Å²) in [6.45, 7) is 2.05. The van der Waals surface area contributed by atoms with Crippen LogP contribution in [0.15, 0.2) is 84.9 Å². The second-order valence-electron chi connectivity index (χ2n) is 10.8. The summed E-state index contributed by atoms with van der Waals surface area (Å²) in [4.78, 5) is 41.6. The first kappa shape index (κ1) is 41.2. The van der Waals surface area contributed by atoms with E-state index in [4.69, 9.17) is 24.8 Å². The number of amides is 2. The highest BCUT2D eigenvalue weighted by atomic mass is 31.2. The number of carboxylic acid groups (broad SMARTS) is 1. The molecule has 2 unspecified atom stereocenters. The number of aliphatic carboxylic acids is 1. The van der Waals surface area contributed by atoms with Gasteiger partial charge in [0.2, 0.25) is 11.8 Å². The molecule has 0 aliphatic carbocycles. The van der Waals surface area contributed by atoms with Gasteiger partial charge in [0.25, 0.3) is 0 Å². The molecule has 0 spiro atoms. The smallest absolute Gasteiger partial charge is 0.322 e. The molecule has 2 atom stereocenters. The van der Waals surface area contributed by atoms with E-state index in [0.717, 1.165) is 48.1 Å². The predicted molar refractivity (Wildman–Crippen MR) is 189 cm³/mol. The van der Waals surface area contributed by atoms with Gasteiger partial charge in [-0.25, -0.2) is 5.43 Å². The number of hydrogen-bond donors (Lipinski definition) is 7. The molecule has 0 heterocycles. The van der Waals surface area contributed by atoms with Gasteiger partial charge in [-0.2, -0.15) is 0 Å². The molecule has 8 N–H and O–H groups in total. The minimum atomic E-state index is -1.62. The average Bonchev–Trinajstić information content (AvgIpc) is 3.11. The summed E-state index contributed by atoms with van der Waals surface area (Å²) in [5, 5.41) is 13.3. The van der Waals surface area contributed by atoms with Crippen LogP contribution in [0.4, 0.5) is 0 Å². The number of benzene rings is 3. The third kappa shape index (κ3) is 15.0. The maximum Gasteiger partial charge on any atom is 0.322 e. The highest BCUT2D eigenvalue weighted by molar-refractivity contribution is 7.46. The van der Waals surface area contributed by atoms with E-state index in [-0.39, 0.29) is 12.5 Å². The molecule has 0 bridgehead atoms. The van der Waals surface area contributed by atoms with Gasteiger partial charge in [0.1, 0.15) is 17.9 Å². The van der Waals surface area contributed by atoms with E-state index in [1.165, 1.54) is 0 Å². The Morgan fingerprint density at radius 3 is 1.94 bits per heavy atom. The number of methoxy groups -OCH3 is 2. The molecule has 14 heteroatoms. The molecule has 0 aliphatic rings. The topological polar surface area (TPSA) is 194 Å². The Labute approximate surface area is 289 Å². The fraction of sp³-hybridized carbons (Fsp3) is 0.400. The Morgan fingerprint density at radius 1 is 0.837 bits per heavy atom. The van der Waals surface area contributed by atoms with Crippen molar-refractivity contribution in [1.29, 1.82) is 0 Å². The minimum Gasteiger partial charge on any atom is -0.497 e. The molecular weight excluding hydrogens is 649 g/mol. The van der Waals surface area contributed by atoms with Crippen LogP contribution in [0.25, 0.3) is 0 Å². The molecule has 0 radical (unpaired) electrons. The van der Waals surface area contributed by atoms with E-state index in [2.05, 4.69) is 45.5 Å². The zero-order valence-corrected chi connectivity index (χ0v) is 29.3. The molecule has 0 aromatic heterocycles. The lowest BCUT2D eigenvalue weighted by molar-refractivity contribution is -0.179. The van der Waals surface area contributed by atoms with Crippen LogP contribution < -0.4 is 31.5 Å². The van der Waals surface area contributed by atoms with Crippen LogP contribution in [0.1, 0.15) is 62.1 Å². The normalized spacial score (nSPS) is 12.2. The number of unbranched alkanes of at least 4 members (excludes halogenated alkanes) is 2. The number of carbonyl (C=O) groups is 3. The summed E-state index contributed by atoms with van der Waals surface area (Å²) >= 11 is 0. The van der Waals surface area contributed by atoms with Crippen molar-refractivity contribution >= 4 is 26.2 Å². The number of nitrogens with two attached hydrogens (primary N) is 1. The number of nitrogens with one attached hydrogen (secondary N) is 4. The van der Waals surface area contributed by atoms with Crippen molar-refractivity contribution in [3.8, 4) is 5.75 Å². The van der Waals surface area contributed by atoms with E-state index < -0.39 is 38.8 Å². The number of ether oxygens (including phenoxy) is 3. The van der Waals surface area contributed by atoms with Gasteiger partial charge in [-0.05, 0) is 48.1 Å². The first-order valence-electron chi connectivity index (χ1n) is 16.1. The van der Waals surface area contributed by atoms with Crippen LogP contribution in [0.5, 0.6) is 5.75 Å². The summed E-state index contributed by atoms with van der Waals surface area (Å²) < 4.78 is 18.0. The maximum absolute atomic E-state index is 11.2. The molecular formula is C35H50N5O8P. The van der Waals surface area contributed by atoms with Gasteiger partial charge < -0.3 is 29.5 Å². The van der Waals surface area contributed by atoms with Crippen LogP contribution in [-0.2, 0) is 29.5 Å². The lowest BCUT2D eigenvalue weighted by Crippen LogP contribution is -2.44. The van der Waals surface area contributed by atoms with Crippen molar-refractivity contribution in [3.63, 3.8) is 0 Å². The highest BCUT2D eigenvalue weighted by Gasteiger charge is 2.40. The summed E-state index contributed by atoms with van der Waals surface area (Å²) in [6, 6.07) is 28.2. The fourth-order valence-corrected chi connectivity index (χ4v) is 5.20. The average molecular weight is 700 g/mol. The Kier molecular flexibility index (Phi) is 19.7. The Morgan fingerprint density at radius 2 is 1.43 bits per heavy atom. The Balaban J connectivity index is 0.000000417. The molecule has 268 valence electrons. The van der Waals surface area contributed by atoms with Crippen LogP contribution in [-0.4, -0.2) is 67.9 Å². The Hall–Kier alpha value is -3.94. The lowest BCUT2D eigenvalue weighted by Gasteiger charge is -2.38. The third-order valence-corrected chi connectivity index (χ3v) is 7.79. The van der Waals surface area contributed by atoms with Crippen molar-refractivity contribution in [2.75, 3.05) is 33.9 Å². The Bertz CT molecular complexity index is 1330. The molecule has 49 heavy (non-hydrogen) atoms. The fourth-order valence-electron chi connectivity index (χ4n) is 4.82. The molecule has 0 saturated carbocycles. The van der Waals surface area contributed by atoms with Crippen molar-refractivity contribution in [1.82, 2.24) is 21.3 Å². The van der Waals surface area contributed by atoms with Gasteiger partial charge in [-0.3, -0.25) is 30.4 Å². The van der Waals surface area contributed by atoms with Gasteiger partial charge >= 0.3 is 5.97 Å². The van der Waals surface area contributed by atoms with E-state index in [1.54, 1.807) is 14.2 Å². The number of hydrazine groups is 1. The number of rotatable bonds is 21. The van der Waals surface area contributed by atoms with Gasteiger partial charge in [0.15, 0.2) is 14.7 Å². The third-order valence-electron chi connectivity index (χ3n) is 7.24. The molecule has 0 fully saturated rings. The van der Waals surface area contributed by atoms with Crippen molar-refractivity contribution in [2.45, 2.75) is 57.3 Å². The van der Waals surface area contributed by atoms with Crippen LogP contribution in [0, 0.1) is 0 Å². The number of carbonyl (C=O) groups excluding carboxylic acids is 2. The molecule has 3 aromatic rings. The van der Waals surface area contributed by atoms with Crippen LogP contribution in [0.2, 0.25) is 0 Å². The number of hydrogen-bond acceptors (Lipinski definition) is 10. The molecule has 0 saturated heterocycles. The summed E-state index contributed by atoms with van der Waals surface area (Å²) in [5.41, 5.74) is 12.3. The summed E-state index contributed by atoms with van der Waals surface area (Å²) in [5.74, 6) is -0.992. The SMILES string of the molecule is CCCCCC(=O)NNCC(=O)NCC(=O)O.COc1ccc(C(OC(CCCNP(N)O)OC)(c2ccccc2)c2ccccc2)cc1. The lowest BCUT2D eigenvalue weighted by atomic mass is 9.80. The number of carboxylic acids is 1. The highest BCUT2D eigenvalue weighted by Crippen LogP contribution is 2.42. The summed E-state index contributed by atoms with van der Waals surface area (Å²) in [6.07, 6.45) is 4.14. The summed E-state index contributed by atoms with van der Waals surface area (Å²) in [7, 11) is 1.68. The van der Waals surface area contributed by atoms with Crippen molar-refractivity contribution < 1.29 is 38.6 Å². The second kappa shape index (κ2) is 23.4. The van der Waals surface area contributed by atoms with E-state index in [9.17, 15) is 19.3 Å². The van der Waals surface area contributed by atoms with Crippen LogP contribution in [0.3, 0.4) is 0 Å². The molecule has 3 aromatic carbocycles. The zero-order chi connectivity index (χ0) is 35.9. The predicted octanol–water partition coefficient (Wildman–Crippen LogP) is 3.91. The quantitative estimate of drug-likeness (QED) is 0.0280. The van der Waals surface area contributed by atoms with E-state index >= 15 is 0 Å². The van der Waals surface area contributed by atoms with Gasteiger partial charge in [-0.1, -0.05) is 92.6 Å². The van der Waals surface area contributed by atoms with Gasteiger partial charge in [-0.15, -0.1) is 0 Å². The van der Waals surface area contributed by atoms with Gasteiger partial charge in [0.05, 0.1) is 13.7 Å².